The lowest BCUT2D eigenvalue weighted by atomic mass is 10.3. The van der Waals surface area contributed by atoms with Crippen molar-refractivity contribution in [3.63, 3.8) is 0 Å². The maximum absolute atomic E-state index is 8.55. The van der Waals surface area contributed by atoms with Crippen LogP contribution in [-0.4, -0.2) is 42.5 Å². The number of ether oxygens (including phenoxy) is 1. The molecule has 1 atom stereocenters. The van der Waals surface area contributed by atoms with Gasteiger partial charge in [0.05, 0.1) is 13.3 Å². The Morgan fingerprint density at radius 2 is 2.50 bits per heavy atom. The van der Waals surface area contributed by atoms with Gasteiger partial charge in [0.2, 0.25) is 0 Å². The lowest BCUT2D eigenvalue weighted by Crippen LogP contribution is -2.29. The summed E-state index contributed by atoms with van der Waals surface area (Å²) < 4.78 is 5.21. The molecule has 60 valence electrons. The first-order valence-corrected chi connectivity index (χ1v) is 3.77. The molecule has 0 aromatic carbocycles. The smallest absolute Gasteiger partial charge is 0.0994 e. The number of rotatable bonds is 3. The van der Waals surface area contributed by atoms with Crippen LogP contribution in [0.3, 0.4) is 0 Å². The zero-order valence-corrected chi connectivity index (χ0v) is 6.42. The molecule has 1 rings (SSSR count). The molecule has 10 heavy (non-hydrogen) atoms. The second-order valence-electron chi connectivity index (χ2n) is 2.74. The highest BCUT2D eigenvalue weighted by molar-refractivity contribution is 4.68. The van der Waals surface area contributed by atoms with Crippen LogP contribution in [0.15, 0.2) is 0 Å². The van der Waals surface area contributed by atoms with Crippen LogP contribution in [0.1, 0.15) is 13.3 Å². The fourth-order valence-electron chi connectivity index (χ4n) is 1.13. The Morgan fingerprint density at radius 1 is 1.70 bits per heavy atom. The van der Waals surface area contributed by atoms with Crippen LogP contribution >= 0.6 is 0 Å². The molecule has 1 aliphatic rings. The molecule has 1 fully saturated rings. The van der Waals surface area contributed by atoms with Gasteiger partial charge in [0.15, 0.2) is 0 Å². The summed E-state index contributed by atoms with van der Waals surface area (Å²) in [6, 6.07) is 0.534. The largest absolute Gasteiger partial charge is 0.396 e. The predicted octanol–water partition coefficient (Wildman–Crippen LogP) is 0.0470. The van der Waals surface area contributed by atoms with Crippen LogP contribution < -0.4 is 0 Å². The highest BCUT2D eigenvalue weighted by Crippen LogP contribution is 2.07. The van der Waals surface area contributed by atoms with Gasteiger partial charge in [-0.2, -0.15) is 0 Å². The van der Waals surface area contributed by atoms with Crippen molar-refractivity contribution >= 4 is 0 Å². The first-order valence-electron chi connectivity index (χ1n) is 3.77. The minimum atomic E-state index is 0.281. The summed E-state index contributed by atoms with van der Waals surface area (Å²) in [5.41, 5.74) is 0. The monoisotopic (exact) mass is 145 g/mol. The number of nitrogens with zero attached hydrogens (tertiary/aromatic N) is 1. The summed E-state index contributed by atoms with van der Waals surface area (Å²) in [6.07, 6.45) is 0.855. The molecule has 0 aromatic rings. The van der Waals surface area contributed by atoms with E-state index >= 15 is 0 Å². The minimum Gasteiger partial charge on any atom is -0.396 e. The van der Waals surface area contributed by atoms with Crippen LogP contribution in [-0.2, 0) is 4.74 Å². The van der Waals surface area contributed by atoms with E-state index in [0.717, 1.165) is 26.3 Å². The Balaban J connectivity index is 2.14. The lowest BCUT2D eigenvalue weighted by molar-refractivity contribution is 0.132. The Morgan fingerprint density at radius 3 is 3.00 bits per heavy atom. The summed E-state index contributed by atoms with van der Waals surface area (Å²) in [6.45, 7) is 4.96. The average molecular weight is 145 g/mol. The summed E-state index contributed by atoms with van der Waals surface area (Å²) in [5.74, 6) is 0. The molecule has 0 spiro atoms. The van der Waals surface area contributed by atoms with Crippen LogP contribution in [0.25, 0.3) is 0 Å². The van der Waals surface area contributed by atoms with Gasteiger partial charge in [-0.1, -0.05) is 0 Å². The van der Waals surface area contributed by atoms with Gasteiger partial charge in [-0.15, -0.1) is 0 Å². The van der Waals surface area contributed by atoms with E-state index in [2.05, 4.69) is 11.8 Å². The van der Waals surface area contributed by atoms with Gasteiger partial charge in [-0.25, -0.2) is 0 Å². The van der Waals surface area contributed by atoms with E-state index < -0.39 is 0 Å². The molecule has 0 aliphatic carbocycles. The Labute approximate surface area is 61.6 Å². The minimum absolute atomic E-state index is 0.281. The molecule has 1 heterocycles. The molecule has 1 unspecified atom stereocenters. The Hall–Kier alpha value is -0.120. The SMILES string of the molecule is CC1COCN1CCCO. The first kappa shape index (κ1) is 7.98. The van der Waals surface area contributed by atoms with Crippen LogP contribution in [0.4, 0.5) is 0 Å². The van der Waals surface area contributed by atoms with E-state index in [4.69, 9.17) is 9.84 Å². The third-order valence-corrected chi connectivity index (χ3v) is 1.84. The van der Waals surface area contributed by atoms with Gasteiger partial charge in [-0.3, -0.25) is 4.90 Å². The molecule has 0 amide bonds. The van der Waals surface area contributed by atoms with Gasteiger partial charge in [0.25, 0.3) is 0 Å². The van der Waals surface area contributed by atoms with Gasteiger partial charge in [-0.05, 0) is 13.3 Å². The standard InChI is InChI=1S/C7H15NO2/c1-7-5-10-6-8(7)3-2-4-9/h7,9H,2-6H2,1H3. The van der Waals surface area contributed by atoms with Crippen molar-refractivity contribution in [2.24, 2.45) is 0 Å². The Kier molecular flexibility index (Phi) is 3.12. The third-order valence-electron chi connectivity index (χ3n) is 1.84. The fourth-order valence-corrected chi connectivity index (χ4v) is 1.13. The summed E-state index contributed by atoms with van der Waals surface area (Å²) in [7, 11) is 0. The quantitative estimate of drug-likeness (QED) is 0.609. The van der Waals surface area contributed by atoms with Gasteiger partial charge in [0.1, 0.15) is 0 Å². The Bertz CT molecular complexity index is 97.6. The van der Waals surface area contributed by atoms with Crippen LogP contribution in [0, 0.1) is 0 Å². The second kappa shape index (κ2) is 3.91. The third kappa shape index (κ3) is 1.94. The van der Waals surface area contributed by atoms with E-state index in [-0.39, 0.29) is 6.61 Å². The molecule has 3 nitrogen and oxygen atoms in total. The van der Waals surface area contributed by atoms with Crippen molar-refractivity contribution in [3.8, 4) is 0 Å². The molecule has 3 heteroatoms. The fraction of sp³-hybridized carbons (Fsp3) is 1.00. The molecule has 0 radical (unpaired) electrons. The molecular formula is C7H15NO2. The molecule has 1 saturated heterocycles. The number of aliphatic hydroxyl groups is 1. The number of hydrogen-bond acceptors (Lipinski definition) is 3. The first-order chi connectivity index (χ1) is 4.84. The van der Waals surface area contributed by atoms with E-state index in [1.807, 2.05) is 0 Å². The maximum atomic E-state index is 8.55. The summed E-state index contributed by atoms with van der Waals surface area (Å²) in [4.78, 5) is 2.23. The highest BCUT2D eigenvalue weighted by atomic mass is 16.5. The normalized spacial score (nSPS) is 27.6. The van der Waals surface area contributed by atoms with Gasteiger partial charge < -0.3 is 9.84 Å². The van der Waals surface area contributed by atoms with Crippen LogP contribution in [0.2, 0.25) is 0 Å². The van der Waals surface area contributed by atoms with Gasteiger partial charge in [0, 0.05) is 19.2 Å². The zero-order chi connectivity index (χ0) is 7.40. The van der Waals surface area contributed by atoms with Crippen molar-refractivity contribution in [1.29, 1.82) is 0 Å². The van der Waals surface area contributed by atoms with E-state index in [1.54, 1.807) is 0 Å². The van der Waals surface area contributed by atoms with E-state index in [1.165, 1.54) is 0 Å². The van der Waals surface area contributed by atoms with Crippen molar-refractivity contribution in [2.45, 2.75) is 19.4 Å². The second-order valence-corrected chi connectivity index (χ2v) is 2.74. The maximum Gasteiger partial charge on any atom is 0.0994 e. The topological polar surface area (TPSA) is 32.7 Å². The molecular weight excluding hydrogens is 130 g/mol. The number of aliphatic hydroxyl groups excluding tert-OH is 1. The van der Waals surface area contributed by atoms with Crippen molar-refractivity contribution < 1.29 is 9.84 Å². The number of hydrogen-bond donors (Lipinski definition) is 1. The predicted molar refractivity (Wildman–Crippen MR) is 38.7 cm³/mol. The summed E-state index contributed by atoms with van der Waals surface area (Å²) in [5, 5.41) is 8.55. The zero-order valence-electron chi connectivity index (χ0n) is 6.42. The van der Waals surface area contributed by atoms with Gasteiger partial charge >= 0.3 is 0 Å². The van der Waals surface area contributed by atoms with Crippen LogP contribution in [0.5, 0.6) is 0 Å². The highest BCUT2D eigenvalue weighted by Gasteiger charge is 2.19. The van der Waals surface area contributed by atoms with E-state index in [9.17, 15) is 0 Å². The van der Waals surface area contributed by atoms with Crippen molar-refractivity contribution in [2.75, 3.05) is 26.5 Å². The van der Waals surface area contributed by atoms with Crippen molar-refractivity contribution in [1.82, 2.24) is 4.90 Å². The molecule has 1 N–H and O–H groups in total. The molecule has 1 aliphatic heterocycles. The lowest BCUT2D eigenvalue weighted by Gasteiger charge is -2.17. The molecule has 0 saturated carbocycles. The molecule has 0 aromatic heterocycles. The van der Waals surface area contributed by atoms with Crippen molar-refractivity contribution in [3.05, 3.63) is 0 Å². The molecule has 0 bridgehead atoms. The average Bonchev–Trinajstić information content (AvgIpc) is 2.31. The summed E-state index contributed by atoms with van der Waals surface area (Å²) >= 11 is 0. The van der Waals surface area contributed by atoms with E-state index in [0.29, 0.717) is 6.04 Å².